The third-order valence-electron chi connectivity index (χ3n) is 2.37. The minimum atomic E-state index is -2.61. The number of carboxylic acids is 1. The van der Waals surface area contributed by atoms with Gasteiger partial charge in [-0.1, -0.05) is 0 Å². The molecule has 0 aliphatic rings. The van der Waals surface area contributed by atoms with E-state index < -0.39 is 20.7 Å². The molecule has 8 heteroatoms. The predicted molar refractivity (Wildman–Crippen MR) is 64.0 cm³/mol. The first kappa shape index (κ1) is 17.0. The van der Waals surface area contributed by atoms with Gasteiger partial charge in [-0.15, -0.1) is 0 Å². The zero-order valence-corrected chi connectivity index (χ0v) is 11.9. The fourth-order valence-corrected chi connectivity index (χ4v) is 3.00. The van der Waals surface area contributed by atoms with E-state index in [0.29, 0.717) is 12.5 Å². The summed E-state index contributed by atoms with van der Waals surface area (Å²) in [4.78, 5) is 21.3. The Morgan fingerprint density at radius 1 is 1.06 bits per heavy atom. The van der Waals surface area contributed by atoms with Gasteiger partial charge in [-0.3, -0.25) is 9.59 Å². The molecule has 7 nitrogen and oxygen atoms in total. The zero-order chi connectivity index (χ0) is 14.0. The maximum absolute atomic E-state index is 11.1. The van der Waals surface area contributed by atoms with E-state index in [1.165, 1.54) is 21.3 Å². The molecule has 0 aliphatic heterocycles. The molecule has 0 radical (unpaired) electrons. The Morgan fingerprint density at radius 3 is 2.06 bits per heavy atom. The molecule has 0 aromatic rings. The Hall–Kier alpha value is -0.963. The van der Waals surface area contributed by atoms with Gasteiger partial charge in [0.2, 0.25) is 0 Å². The Balaban J connectivity index is 3.78. The molecule has 0 amide bonds. The molecule has 0 aliphatic carbocycles. The van der Waals surface area contributed by atoms with Gasteiger partial charge in [-0.05, 0) is 6.42 Å². The van der Waals surface area contributed by atoms with Crippen LogP contribution in [0.3, 0.4) is 0 Å². The van der Waals surface area contributed by atoms with Crippen molar-refractivity contribution >= 4 is 20.7 Å². The van der Waals surface area contributed by atoms with Crippen LogP contribution in [-0.4, -0.2) is 53.8 Å². The van der Waals surface area contributed by atoms with E-state index in [-0.39, 0.29) is 19.4 Å². The molecule has 0 spiro atoms. The van der Waals surface area contributed by atoms with Crippen molar-refractivity contribution in [2.75, 3.05) is 27.9 Å². The molecule has 0 saturated heterocycles. The molecule has 1 N–H and O–H groups in total. The van der Waals surface area contributed by atoms with Gasteiger partial charge in [-0.2, -0.15) is 0 Å². The Morgan fingerprint density at radius 2 is 1.61 bits per heavy atom. The molecule has 0 aromatic heterocycles. The fourth-order valence-electron chi connectivity index (χ4n) is 1.31. The van der Waals surface area contributed by atoms with E-state index in [9.17, 15) is 9.59 Å². The maximum Gasteiger partial charge on any atom is 0.500 e. The van der Waals surface area contributed by atoms with Crippen LogP contribution in [0.2, 0.25) is 6.04 Å². The van der Waals surface area contributed by atoms with Crippen molar-refractivity contribution < 1.29 is 32.7 Å². The molecule has 0 bridgehead atoms. The van der Waals surface area contributed by atoms with Crippen molar-refractivity contribution in [3.05, 3.63) is 0 Å². The van der Waals surface area contributed by atoms with Crippen LogP contribution in [0, 0.1) is 0 Å². The lowest BCUT2D eigenvalue weighted by Crippen LogP contribution is -2.42. The number of carbonyl (C=O) groups excluding carboxylic acids is 1. The van der Waals surface area contributed by atoms with E-state index in [0.717, 1.165) is 0 Å². The summed E-state index contributed by atoms with van der Waals surface area (Å²) in [5.74, 6) is -1.53. The normalized spacial score (nSPS) is 11.3. The summed E-state index contributed by atoms with van der Waals surface area (Å²) in [6.45, 7) is 0.198. The molecular formula is C10H20O7Si. The van der Waals surface area contributed by atoms with E-state index in [1.54, 1.807) is 0 Å². The molecule has 0 atom stereocenters. The van der Waals surface area contributed by atoms with Crippen molar-refractivity contribution in [2.45, 2.75) is 25.3 Å². The van der Waals surface area contributed by atoms with Crippen LogP contribution in [0.15, 0.2) is 0 Å². The van der Waals surface area contributed by atoms with Crippen LogP contribution in [0.4, 0.5) is 0 Å². The van der Waals surface area contributed by atoms with Gasteiger partial charge < -0.3 is 23.1 Å². The van der Waals surface area contributed by atoms with Crippen LogP contribution < -0.4 is 0 Å². The number of carbonyl (C=O) groups is 2. The van der Waals surface area contributed by atoms with Crippen molar-refractivity contribution in [1.29, 1.82) is 0 Å². The Kier molecular flexibility index (Phi) is 8.55. The lowest BCUT2D eigenvalue weighted by Gasteiger charge is -2.24. The molecular weight excluding hydrogens is 260 g/mol. The molecule has 18 heavy (non-hydrogen) atoms. The third kappa shape index (κ3) is 6.69. The minimum absolute atomic E-state index is 0.114. The summed E-state index contributed by atoms with van der Waals surface area (Å²) in [6.07, 6.45) is 0.211. The van der Waals surface area contributed by atoms with Gasteiger partial charge >= 0.3 is 20.7 Å². The Bertz CT molecular complexity index is 257. The first-order valence-corrected chi connectivity index (χ1v) is 7.45. The van der Waals surface area contributed by atoms with Crippen LogP contribution >= 0.6 is 0 Å². The van der Waals surface area contributed by atoms with Crippen molar-refractivity contribution in [3.8, 4) is 0 Å². The topological polar surface area (TPSA) is 91.3 Å². The molecule has 106 valence electrons. The predicted octanol–water partition coefficient (Wildman–Crippen LogP) is 0.663. The third-order valence-corrected chi connectivity index (χ3v) is 5.20. The van der Waals surface area contributed by atoms with Crippen molar-refractivity contribution in [3.63, 3.8) is 0 Å². The average Bonchev–Trinajstić information content (AvgIpc) is 2.37. The van der Waals surface area contributed by atoms with Crippen LogP contribution in [0.1, 0.15) is 19.3 Å². The Labute approximate surface area is 107 Å². The summed E-state index contributed by atoms with van der Waals surface area (Å²) in [5.41, 5.74) is 0. The van der Waals surface area contributed by atoms with Crippen molar-refractivity contribution in [2.24, 2.45) is 0 Å². The smallest absolute Gasteiger partial charge is 0.481 e. The highest BCUT2D eigenvalue weighted by atomic mass is 28.4. The molecule has 0 heterocycles. The van der Waals surface area contributed by atoms with Gasteiger partial charge in [0.1, 0.15) is 0 Å². The second-order valence-electron chi connectivity index (χ2n) is 3.51. The maximum atomic E-state index is 11.1. The quantitative estimate of drug-likeness (QED) is 0.357. The molecule has 0 aromatic carbocycles. The second kappa shape index (κ2) is 9.03. The number of carboxylic acid groups (broad SMARTS) is 1. The lowest BCUT2D eigenvalue weighted by molar-refractivity contribution is -0.147. The first-order valence-electron chi connectivity index (χ1n) is 5.52. The van der Waals surface area contributed by atoms with Gasteiger partial charge in [0.15, 0.2) is 0 Å². The standard InChI is InChI=1S/C10H20O7Si/c1-14-18(15-2,16-3)8-4-7-17-10(13)6-5-9(11)12/h4-8H2,1-3H3,(H,11,12). The zero-order valence-electron chi connectivity index (χ0n) is 10.9. The summed E-state index contributed by atoms with van der Waals surface area (Å²) < 4.78 is 20.5. The summed E-state index contributed by atoms with van der Waals surface area (Å²) in [5, 5.41) is 8.38. The summed E-state index contributed by atoms with van der Waals surface area (Å²) in [7, 11) is 1.92. The molecule has 0 unspecified atom stereocenters. The number of hydrogen-bond donors (Lipinski definition) is 1. The SMILES string of the molecule is CO[Si](CCCOC(=O)CCC(=O)O)(OC)OC. The highest BCUT2D eigenvalue weighted by molar-refractivity contribution is 6.60. The number of aliphatic carboxylic acids is 1. The first-order chi connectivity index (χ1) is 8.49. The number of hydrogen-bond acceptors (Lipinski definition) is 6. The monoisotopic (exact) mass is 280 g/mol. The van der Waals surface area contributed by atoms with Gasteiger partial charge in [-0.25, -0.2) is 0 Å². The lowest BCUT2D eigenvalue weighted by atomic mass is 10.3. The van der Waals surface area contributed by atoms with Gasteiger partial charge in [0.25, 0.3) is 0 Å². The van der Waals surface area contributed by atoms with E-state index in [4.69, 9.17) is 23.1 Å². The number of esters is 1. The van der Waals surface area contributed by atoms with E-state index >= 15 is 0 Å². The van der Waals surface area contributed by atoms with Crippen molar-refractivity contribution in [1.82, 2.24) is 0 Å². The number of ether oxygens (including phenoxy) is 1. The molecule has 0 rings (SSSR count). The largest absolute Gasteiger partial charge is 0.500 e. The number of rotatable bonds is 10. The van der Waals surface area contributed by atoms with E-state index in [2.05, 4.69) is 0 Å². The van der Waals surface area contributed by atoms with Crippen LogP contribution in [0.5, 0.6) is 0 Å². The average molecular weight is 280 g/mol. The van der Waals surface area contributed by atoms with E-state index in [1.807, 2.05) is 0 Å². The highest BCUT2D eigenvalue weighted by Crippen LogP contribution is 2.14. The summed E-state index contributed by atoms with van der Waals surface area (Å²) >= 11 is 0. The van der Waals surface area contributed by atoms with Gasteiger partial charge in [0, 0.05) is 27.4 Å². The second-order valence-corrected chi connectivity index (χ2v) is 6.60. The minimum Gasteiger partial charge on any atom is -0.481 e. The molecule has 0 fully saturated rings. The fraction of sp³-hybridized carbons (Fsp3) is 0.800. The highest BCUT2D eigenvalue weighted by Gasteiger charge is 2.36. The van der Waals surface area contributed by atoms with Gasteiger partial charge in [0.05, 0.1) is 19.4 Å². The summed E-state index contributed by atoms with van der Waals surface area (Å²) in [6, 6.07) is 0.530. The molecule has 0 saturated carbocycles. The van der Waals surface area contributed by atoms with Crippen LogP contribution in [-0.2, 0) is 27.6 Å². The van der Waals surface area contributed by atoms with Crippen LogP contribution in [0.25, 0.3) is 0 Å².